The van der Waals surface area contributed by atoms with Gasteiger partial charge in [0, 0.05) is 23.5 Å². The zero-order valence-electron chi connectivity index (χ0n) is 11.6. The Morgan fingerprint density at radius 3 is 2.75 bits per heavy atom. The molecule has 0 aliphatic carbocycles. The van der Waals surface area contributed by atoms with Gasteiger partial charge in [0.2, 0.25) is 0 Å². The summed E-state index contributed by atoms with van der Waals surface area (Å²) in [5.41, 5.74) is 5.29. The molecule has 20 heavy (non-hydrogen) atoms. The summed E-state index contributed by atoms with van der Waals surface area (Å²) in [5.74, 6) is -0.307. The molecule has 1 N–H and O–H groups in total. The Hall–Kier alpha value is -1.87. The van der Waals surface area contributed by atoms with Crippen LogP contribution in [0.3, 0.4) is 0 Å². The van der Waals surface area contributed by atoms with Gasteiger partial charge in [0.05, 0.1) is 6.61 Å². The number of nitrogens with zero attached hydrogens (tertiary/aromatic N) is 1. The minimum absolute atomic E-state index is 0.148. The zero-order chi connectivity index (χ0) is 14.1. The molecule has 0 aromatic heterocycles. The second-order valence-electron chi connectivity index (χ2n) is 5.32. The molecule has 1 aliphatic rings. The summed E-state index contributed by atoms with van der Waals surface area (Å²) in [6.45, 7) is 2.84. The van der Waals surface area contributed by atoms with Crippen molar-refractivity contribution in [1.82, 2.24) is 0 Å². The van der Waals surface area contributed by atoms with E-state index in [0.717, 1.165) is 25.1 Å². The molecule has 0 amide bonds. The number of benzene rings is 2. The third-order valence-electron chi connectivity index (χ3n) is 3.86. The zero-order valence-corrected chi connectivity index (χ0v) is 11.6. The van der Waals surface area contributed by atoms with Crippen LogP contribution in [0.5, 0.6) is 0 Å². The average Bonchev–Trinajstić information content (AvgIpc) is 2.46. The van der Waals surface area contributed by atoms with E-state index in [9.17, 15) is 9.50 Å². The Bertz CT molecular complexity index is 639. The predicted octanol–water partition coefficient (Wildman–Crippen LogP) is 3.71. The number of halogens is 1. The molecule has 1 heterocycles. The van der Waals surface area contributed by atoms with Crippen molar-refractivity contribution in [2.24, 2.45) is 0 Å². The molecule has 104 valence electrons. The van der Waals surface area contributed by atoms with Crippen LogP contribution in [0.15, 0.2) is 36.4 Å². The molecule has 0 radical (unpaired) electrons. The minimum Gasteiger partial charge on any atom is -0.392 e. The molecule has 3 rings (SSSR count). The van der Waals surface area contributed by atoms with E-state index in [1.807, 2.05) is 0 Å². The van der Waals surface area contributed by atoms with Crippen LogP contribution in [0.2, 0.25) is 0 Å². The molecule has 0 bridgehead atoms. The Morgan fingerprint density at radius 1 is 1.15 bits per heavy atom. The van der Waals surface area contributed by atoms with Crippen LogP contribution in [0.4, 0.5) is 15.8 Å². The number of rotatable bonds is 2. The number of fused-ring (bicyclic) bond motifs is 1. The van der Waals surface area contributed by atoms with Crippen LogP contribution in [0.1, 0.15) is 23.1 Å². The first-order valence-corrected chi connectivity index (χ1v) is 6.95. The lowest BCUT2D eigenvalue weighted by atomic mass is 9.98. The van der Waals surface area contributed by atoms with Gasteiger partial charge in [-0.3, -0.25) is 0 Å². The molecule has 0 fully saturated rings. The summed E-state index contributed by atoms with van der Waals surface area (Å²) < 4.78 is 13.3. The van der Waals surface area contributed by atoms with Gasteiger partial charge in [0.15, 0.2) is 0 Å². The number of anilines is 2. The molecule has 0 spiro atoms. The van der Waals surface area contributed by atoms with Crippen molar-refractivity contribution in [3.63, 3.8) is 0 Å². The first-order chi connectivity index (χ1) is 9.69. The normalized spacial score (nSPS) is 14.2. The van der Waals surface area contributed by atoms with Gasteiger partial charge in [-0.15, -0.1) is 0 Å². The second-order valence-corrected chi connectivity index (χ2v) is 5.32. The smallest absolute Gasteiger partial charge is 0.123 e. The maximum Gasteiger partial charge on any atom is 0.123 e. The number of aryl methyl sites for hydroxylation is 2. The van der Waals surface area contributed by atoms with Gasteiger partial charge in [-0.25, -0.2) is 4.39 Å². The van der Waals surface area contributed by atoms with Crippen molar-refractivity contribution in [3.8, 4) is 0 Å². The van der Waals surface area contributed by atoms with Gasteiger partial charge >= 0.3 is 0 Å². The van der Waals surface area contributed by atoms with Crippen molar-refractivity contribution in [3.05, 3.63) is 58.9 Å². The van der Waals surface area contributed by atoms with Gasteiger partial charge in [0.25, 0.3) is 0 Å². The van der Waals surface area contributed by atoms with Gasteiger partial charge in [0.1, 0.15) is 5.82 Å². The van der Waals surface area contributed by atoms with E-state index in [2.05, 4.69) is 30.0 Å². The summed E-state index contributed by atoms with van der Waals surface area (Å²) in [6, 6.07) is 11.1. The fourth-order valence-corrected chi connectivity index (χ4v) is 2.92. The van der Waals surface area contributed by atoms with Crippen molar-refractivity contribution < 1.29 is 9.50 Å². The van der Waals surface area contributed by atoms with Crippen LogP contribution in [0, 0.1) is 12.7 Å². The van der Waals surface area contributed by atoms with Crippen LogP contribution < -0.4 is 4.90 Å². The predicted molar refractivity (Wildman–Crippen MR) is 78.8 cm³/mol. The summed E-state index contributed by atoms with van der Waals surface area (Å²) in [4.78, 5) is 2.18. The molecule has 0 saturated carbocycles. The molecule has 0 atom stereocenters. The van der Waals surface area contributed by atoms with Gasteiger partial charge in [-0.1, -0.05) is 17.7 Å². The third kappa shape index (κ3) is 2.29. The third-order valence-corrected chi connectivity index (χ3v) is 3.86. The highest BCUT2D eigenvalue weighted by Crippen LogP contribution is 2.36. The summed E-state index contributed by atoms with van der Waals surface area (Å²) in [6.07, 6.45) is 2.14. The lowest BCUT2D eigenvalue weighted by molar-refractivity contribution is 0.281. The average molecular weight is 271 g/mol. The quantitative estimate of drug-likeness (QED) is 0.900. The van der Waals surface area contributed by atoms with E-state index in [4.69, 9.17) is 0 Å². The Morgan fingerprint density at radius 2 is 1.95 bits per heavy atom. The van der Waals surface area contributed by atoms with Gasteiger partial charge < -0.3 is 10.0 Å². The SMILES string of the molecule is Cc1ccc2c(c1)CCCN2c1ccc(F)cc1CO. The van der Waals surface area contributed by atoms with Gasteiger partial charge in [-0.05, 0) is 49.6 Å². The molecule has 2 nitrogen and oxygen atoms in total. The molecule has 0 saturated heterocycles. The highest BCUT2D eigenvalue weighted by atomic mass is 19.1. The molecular formula is C17H18FNO. The van der Waals surface area contributed by atoms with Crippen molar-refractivity contribution in [1.29, 1.82) is 0 Å². The standard InChI is InChI=1S/C17H18FNO/c1-12-4-6-16-13(9-12)3-2-8-19(16)17-7-5-15(18)10-14(17)11-20/h4-7,9-10,20H,2-3,8,11H2,1H3. The van der Waals surface area contributed by atoms with E-state index in [-0.39, 0.29) is 12.4 Å². The lowest BCUT2D eigenvalue weighted by Gasteiger charge is -2.33. The number of aliphatic hydroxyl groups excluding tert-OH is 1. The van der Waals surface area contributed by atoms with E-state index < -0.39 is 0 Å². The molecule has 2 aromatic rings. The Kier molecular flexibility index (Phi) is 3.45. The fraction of sp³-hybridized carbons (Fsp3) is 0.294. The van der Waals surface area contributed by atoms with E-state index in [1.165, 1.54) is 28.9 Å². The van der Waals surface area contributed by atoms with Crippen molar-refractivity contribution in [2.75, 3.05) is 11.4 Å². The largest absolute Gasteiger partial charge is 0.392 e. The molecule has 2 aromatic carbocycles. The van der Waals surface area contributed by atoms with E-state index >= 15 is 0 Å². The van der Waals surface area contributed by atoms with E-state index in [1.54, 1.807) is 6.07 Å². The van der Waals surface area contributed by atoms with Crippen LogP contribution in [0.25, 0.3) is 0 Å². The molecule has 3 heteroatoms. The monoisotopic (exact) mass is 271 g/mol. The minimum atomic E-state index is -0.307. The Labute approximate surface area is 118 Å². The van der Waals surface area contributed by atoms with Crippen molar-refractivity contribution in [2.45, 2.75) is 26.4 Å². The highest BCUT2D eigenvalue weighted by Gasteiger charge is 2.20. The number of hydrogen-bond donors (Lipinski definition) is 1. The van der Waals surface area contributed by atoms with Gasteiger partial charge in [-0.2, -0.15) is 0 Å². The maximum atomic E-state index is 13.3. The topological polar surface area (TPSA) is 23.5 Å². The van der Waals surface area contributed by atoms with Crippen LogP contribution in [-0.2, 0) is 13.0 Å². The lowest BCUT2D eigenvalue weighted by Crippen LogP contribution is -2.25. The van der Waals surface area contributed by atoms with Crippen LogP contribution >= 0.6 is 0 Å². The second kappa shape index (κ2) is 5.25. The maximum absolute atomic E-state index is 13.3. The molecule has 1 aliphatic heterocycles. The summed E-state index contributed by atoms with van der Waals surface area (Å²) >= 11 is 0. The highest BCUT2D eigenvalue weighted by molar-refractivity contribution is 5.70. The van der Waals surface area contributed by atoms with E-state index in [0.29, 0.717) is 5.56 Å². The fourth-order valence-electron chi connectivity index (χ4n) is 2.92. The first kappa shape index (κ1) is 13.1. The first-order valence-electron chi connectivity index (χ1n) is 6.95. The summed E-state index contributed by atoms with van der Waals surface area (Å²) in [7, 11) is 0. The number of aliphatic hydroxyl groups is 1. The number of hydrogen-bond acceptors (Lipinski definition) is 2. The van der Waals surface area contributed by atoms with Crippen LogP contribution in [-0.4, -0.2) is 11.7 Å². The molecule has 0 unspecified atom stereocenters. The summed E-state index contributed by atoms with van der Waals surface area (Å²) in [5, 5.41) is 9.47. The van der Waals surface area contributed by atoms with Crippen molar-refractivity contribution >= 4 is 11.4 Å². The molecular weight excluding hydrogens is 253 g/mol. The Balaban J connectivity index is 2.09.